The van der Waals surface area contributed by atoms with Gasteiger partial charge in [-0.15, -0.1) is 11.3 Å². The first-order chi connectivity index (χ1) is 15.8. The van der Waals surface area contributed by atoms with Crippen molar-refractivity contribution in [3.63, 3.8) is 0 Å². The fourth-order valence-corrected chi connectivity index (χ4v) is 5.04. The van der Waals surface area contributed by atoms with Crippen LogP contribution in [0.2, 0.25) is 0 Å². The van der Waals surface area contributed by atoms with E-state index in [4.69, 9.17) is 15.2 Å². The number of halogens is 1. The molecule has 2 heterocycles. The molecular weight excluding hydrogens is 451 g/mol. The summed E-state index contributed by atoms with van der Waals surface area (Å²) >= 11 is 1.04. The van der Waals surface area contributed by atoms with Crippen molar-refractivity contribution < 1.29 is 33.4 Å². The summed E-state index contributed by atoms with van der Waals surface area (Å²) in [5, 5.41) is 12.6. The maximum atomic E-state index is 13.9. The minimum Gasteiger partial charge on any atom is -0.493 e. The fourth-order valence-electron chi connectivity index (χ4n) is 3.80. The van der Waals surface area contributed by atoms with Crippen LogP contribution in [-0.4, -0.2) is 36.6 Å². The normalized spacial score (nSPS) is 14.8. The van der Waals surface area contributed by atoms with Gasteiger partial charge < -0.3 is 25.6 Å². The Kier molecular flexibility index (Phi) is 6.01. The van der Waals surface area contributed by atoms with Crippen molar-refractivity contribution in [3.8, 4) is 22.6 Å². The highest BCUT2D eigenvalue weighted by atomic mass is 32.1. The number of carbonyl (C=O) groups excluding carboxylic acids is 2. The largest absolute Gasteiger partial charge is 0.493 e. The number of hydrogen-bond donors (Lipinski definition) is 3. The minimum absolute atomic E-state index is 0.00572. The van der Waals surface area contributed by atoms with Crippen LogP contribution >= 0.6 is 11.3 Å². The van der Waals surface area contributed by atoms with E-state index in [1.54, 1.807) is 24.3 Å². The van der Waals surface area contributed by atoms with Gasteiger partial charge in [-0.05, 0) is 35.4 Å². The zero-order chi connectivity index (χ0) is 23.7. The Morgan fingerprint density at radius 3 is 2.70 bits per heavy atom. The molecule has 0 spiro atoms. The second-order valence-electron chi connectivity index (χ2n) is 7.33. The summed E-state index contributed by atoms with van der Waals surface area (Å²) in [5.41, 5.74) is 6.81. The number of methoxy groups -OCH3 is 1. The quantitative estimate of drug-likeness (QED) is 0.484. The third-order valence-electron chi connectivity index (χ3n) is 5.17. The number of benzene rings is 2. The third kappa shape index (κ3) is 4.37. The number of carbonyl (C=O) groups is 3. The standard InChI is InChI=1S/C23H19FN2O6S/c1-31-16-8-11(5-6-15(16)32-10-17(25)27)14-9-18(28)26-20-19(12-3-2-4-13(24)7-12)22(23(29)30)33-21(14)20/h2-8,14H,9-10H2,1H3,(H2,25,27)(H,26,28)(H,29,30). The predicted octanol–water partition coefficient (Wildman–Crippen LogP) is 3.60. The van der Waals surface area contributed by atoms with E-state index in [0.717, 1.165) is 11.3 Å². The van der Waals surface area contributed by atoms with Crippen molar-refractivity contribution in [3.05, 3.63) is 63.6 Å². The second kappa shape index (κ2) is 8.91. The number of amides is 2. The highest BCUT2D eigenvalue weighted by Gasteiger charge is 2.35. The van der Waals surface area contributed by atoms with E-state index in [-0.39, 0.29) is 29.4 Å². The average molecular weight is 470 g/mol. The number of nitrogens with two attached hydrogens (primary N) is 1. The number of anilines is 1. The Balaban J connectivity index is 1.83. The molecule has 0 saturated heterocycles. The summed E-state index contributed by atoms with van der Waals surface area (Å²) in [6, 6.07) is 10.6. The Bertz CT molecular complexity index is 1270. The van der Waals surface area contributed by atoms with Crippen LogP contribution in [-0.2, 0) is 9.59 Å². The summed E-state index contributed by atoms with van der Waals surface area (Å²) in [7, 11) is 1.44. The number of aromatic carboxylic acids is 1. The first-order valence-corrected chi connectivity index (χ1v) is 10.6. The van der Waals surface area contributed by atoms with Crippen molar-refractivity contribution >= 4 is 34.8 Å². The lowest BCUT2D eigenvalue weighted by atomic mass is 9.88. The second-order valence-corrected chi connectivity index (χ2v) is 8.38. The summed E-state index contributed by atoms with van der Waals surface area (Å²) in [5.74, 6) is -2.45. The average Bonchev–Trinajstić information content (AvgIpc) is 3.16. The molecule has 1 unspecified atom stereocenters. The summed E-state index contributed by atoms with van der Waals surface area (Å²) in [4.78, 5) is 36.3. The van der Waals surface area contributed by atoms with Gasteiger partial charge >= 0.3 is 5.97 Å². The van der Waals surface area contributed by atoms with Crippen LogP contribution in [0, 0.1) is 5.82 Å². The number of thiophene rings is 1. The predicted molar refractivity (Wildman–Crippen MR) is 119 cm³/mol. The molecule has 1 aromatic heterocycles. The number of fused-ring (bicyclic) bond motifs is 1. The topological polar surface area (TPSA) is 128 Å². The van der Waals surface area contributed by atoms with Gasteiger partial charge in [0.1, 0.15) is 10.7 Å². The Morgan fingerprint density at radius 1 is 1.24 bits per heavy atom. The van der Waals surface area contributed by atoms with Gasteiger partial charge in [-0.3, -0.25) is 9.59 Å². The molecule has 1 aliphatic rings. The molecule has 170 valence electrons. The lowest BCUT2D eigenvalue weighted by molar-refractivity contribution is -0.120. The molecule has 3 aromatic rings. The molecule has 0 saturated carbocycles. The van der Waals surface area contributed by atoms with Gasteiger partial charge in [0.05, 0.1) is 12.8 Å². The van der Waals surface area contributed by atoms with Crippen LogP contribution in [0.15, 0.2) is 42.5 Å². The van der Waals surface area contributed by atoms with E-state index in [9.17, 15) is 23.9 Å². The molecule has 0 bridgehead atoms. The Labute approximate surface area is 191 Å². The van der Waals surface area contributed by atoms with Gasteiger partial charge in [-0.25, -0.2) is 9.18 Å². The molecule has 33 heavy (non-hydrogen) atoms. The lowest BCUT2D eigenvalue weighted by Gasteiger charge is -2.24. The number of nitrogens with one attached hydrogen (secondary N) is 1. The number of carboxylic acid groups (broad SMARTS) is 1. The molecule has 0 radical (unpaired) electrons. The van der Waals surface area contributed by atoms with E-state index in [0.29, 0.717) is 33.2 Å². The molecule has 0 fully saturated rings. The van der Waals surface area contributed by atoms with Crippen molar-refractivity contribution in [2.75, 3.05) is 19.0 Å². The number of hydrogen-bond acceptors (Lipinski definition) is 6. The van der Waals surface area contributed by atoms with Gasteiger partial charge in [0.15, 0.2) is 18.1 Å². The van der Waals surface area contributed by atoms with Gasteiger partial charge in [-0.2, -0.15) is 0 Å². The van der Waals surface area contributed by atoms with Gasteiger partial charge in [-0.1, -0.05) is 18.2 Å². The van der Waals surface area contributed by atoms with Crippen molar-refractivity contribution in [1.82, 2.24) is 0 Å². The molecule has 2 aromatic carbocycles. The van der Waals surface area contributed by atoms with E-state index in [1.165, 1.54) is 25.3 Å². The number of primary amides is 1. The molecule has 10 heteroatoms. The number of carboxylic acids is 1. The maximum Gasteiger partial charge on any atom is 0.346 e. The fraction of sp³-hybridized carbons (Fsp3) is 0.174. The molecule has 1 aliphatic heterocycles. The molecule has 4 rings (SSSR count). The van der Waals surface area contributed by atoms with Crippen molar-refractivity contribution in [2.45, 2.75) is 12.3 Å². The molecule has 0 aliphatic carbocycles. The Morgan fingerprint density at radius 2 is 2.03 bits per heavy atom. The first-order valence-electron chi connectivity index (χ1n) is 9.83. The first kappa shape index (κ1) is 22.3. The van der Waals surface area contributed by atoms with E-state index < -0.39 is 23.6 Å². The van der Waals surface area contributed by atoms with Crippen LogP contribution in [0.5, 0.6) is 11.5 Å². The highest BCUT2D eigenvalue weighted by molar-refractivity contribution is 7.15. The SMILES string of the molecule is COc1cc(C2CC(=O)Nc3c2sc(C(=O)O)c3-c2cccc(F)c2)ccc1OCC(N)=O. The smallest absolute Gasteiger partial charge is 0.346 e. The van der Waals surface area contributed by atoms with Gasteiger partial charge in [0, 0.05) is 22.8 Å². The Hall–Kier alpha value is -3.92. The summed E-state index contributed by atoms with van der Waals surface area (Å²) in [6.45, 7) is -0.324. The van der Waals surface area contributed by atoms with Gasteiger partial charge in [0.25, 0.3) is 5.91 Å². The monoisotopic (exact) mass is 470 g/mol. The van der Waals surface area contributed by atoms with Crippen LogP contribution in [0.4, 0.5) is 10.1 Å². The maximum absolute atomic E-state index is 13.9. The molecule has 4 N–H and O–H groups in total. The highest BCUT2D eigenvalue weighted by Crippen LogP contribution is 2.50. The zero-order valence-corrected chi connectivity index (χ0v) is 18.2. The summed E-state index contributed by atoms with van der Waals surface area (Å²) in [6.07, 6.45) is 0.0831. The number of rotatable bonds is 7. The van der Waals surface area contributed by atoms with Crippen LogP contribution in [0.3, 0.4) is 0 Å². The molecule has 8 nitrogen and oxygen atoms in total. The van der Waals surface area contributed by atoms with Crippen LogP contribution in [0.1, 0.15) is 32.5 Å². The van der Waals surface area contributed by atoms with Crippen molar-refractivity contribution in [1.29, 1.82) is 0 Å². The van der Waals surface area contributed by atoms with E-state index >= 15 is 0 Å². The van der Waals surface area contributed by atoms with Crippen LogP contribution < -0.4 is 20.5 Å². The molecular formula is C23H19FN2O6S. The molecule has 2 amide bonds. The van der Waals surface area contributed by atoms with Gasteiger partial charge in [0.2, 0.25) is 5.91 Å². The minimum atomic E-state index is -1.17. The molecule has 1 atom stereocenters. The summed E-state index contributed by atoms with van der Waals surface area (Å²) < 4.78 is 24.6. The van der Waals surface area contributed by atoms with Crippen LogP contribution in [0.25, 0.3) is 11.1 Å². The lowest BCUT2D eigenvalue weighted by Crippen LogP contribution is -2.22. The third-order valence-corrected chi connectivity index (χ3v) is 6.46. The zero-order valence-electron chi connectivity index (χ0n) is 17.4. The number of ether oxygens (including phenoxy) is 2. The van der Waals surface area contributed by atoms with Crippen molar-refractivity contribution in [2.24, 2.45) is 5.73 Å². The van der Waals surface area contributed by atoms with E-state index in [1.807, 2.05) is 0 Å². The van der Waals surface area contributed by atoms with E-state index in [2.05, 4.69) is 5.32 Å².